The van der Waals surface area contributed by atoms with Gasteiger partial charge >= 0.3 is 0 Å². The number of benzene rings is 1. The number of aromatic hydroxyl groups is 1. The van der Waals surface area contributed by atoms with Crippen LogP contribution in [0.4, 0.5) is 0 Å². The summed E-state index contributed by atoms with van der Waals surface area (Å²) < 4.78 is 0. The number of nitrogens with zero attached hydrogens (tertiary/aromatic N) is 1. The summed E-state index contributed by atoms with van der Waals surface area (Å²) in [5.41, 5.74) is 3.40. The van der Waals surface area contributed by atoms with Gasteiger partial charge in [0, 0.05) is 23.4 Å². The summed E-state index contributed by atoms with van der Waals surface area (Å²) >= 11 is 0. The second-order valence-electron chi connectivity index (χ2n) is 4.29. The third kappa shape index (κ3) is 1.78. The highest BCUT2D eigenvalue weighted by molar-refractivity contribution is 5.63. The summed E-state index contributed by atoms with van der Waals surface area (Å²) in [5, 5.41) is 9.21. The number of phenols is 1. The van der Waals surface area contributed by atoms with Gasteiger partial charge < -0.3 is 5.11 Å². The van der Waals surface area contributed by atoms with E-state index in [-0.39, 0.29) is 0 Å². The Bertz CT molecular complexity index is 483. The highest BCUT2D eigenvalue weighted by atomic mass is 16.3. The highest BCUT2D eigenvalue weighted by Gasteiger charge is 2.24. The first-order valence-corrected chi connectivity index (χ1v) is 5.58. The van der Waals surface area contributed by atoms with Crippen LogP contribution >= 0.6 is 0 Å². The first-order valence-electron chi connectivity index (χ1n) is 5.58. The van der Waals surface area contributed by atoms with Crippen molar-refractivity contribution in [2.45, 2.75) is 18.8 Å². The molecule has 0 radical (unpaired) electrons. The van der Waals surface area contributed by atoms with Gasteiger partial charge in [0.15, 0.2) is 0 Å². The fourth-order valence-electron chi connectivity index (χ4n) is 1.85. The molecule has 0 atom stereocenters. The molecule has 1 aromatic heterocycles. The van der Waals surface area contributed by atoms with Crippen molar-refractivity contribution < 1.29 is 5.11 Å². The molecule has 2 aromatic rings. The Morgan fingerprint density at radius 1 is 0.938 bits per heavy atom. The van der Waals surface area contributed by atoms with Crippen molar-refractivity contribution in [2.75, 3.05) is 0 Å². The number of hydrogen-bond donors (Lipinski definition) is 1. The molecule has 1 N–H and O–H groups in total. The van der Waals surface area contributed by atoms with Gasteiger partial charge in [0.05, 0.1) is 0 Å². The summed E-state index contributed by atoms with van der Waals surface area (Å²) in [6, 6.07) is 11.4. The molecule has 16 heavy (non-hydrogen) atoms. The van der Waals surface area contributed by atoms with Gasteiger partial charge in [0.1, 0.15) is 5.75 Å². The highest BCUT2D eigenvalue weighted by Crippen LogP contribution is 2.39. The number of rotatable bonds is 2. The maximum Gasteiger partial charge on any atom is 0.115 e. The van der Waals surface area contributed by atoms with Crippen LogP contribution in [0.3, 0.4) is 0 Å². The van der Waals surface area contributed by atoms with Crippen LogP contribution in [0.25, 0.3) is 11.1 Å². The van der Waals surface area contributed by atoms with E-state index in [1.165, 1.54) is 18.5 Å². The Balaban J connectivity index is 1.91. The van der Waals surface area contributed by atoms with E-state index in [1.54, 1.807) is 12.1 Å². The average Bonchev–Trinajstić information content (AvgIpc) is 3.14. The molecule has 2 nitrogen and oxygen atoms in total. The van der Waals surface area contributed by atoms with E-state index in [0.29, 0.717) is 11.7 Å². The summed E-state index contributed by atoms with van der Waals surface area (Å²) in [5.74, 6) is 1.00. The Hall–Kier alpha value is -1.83. The Kier molecular flexibility index (Phi) is 2.13. The molecule has 2 heteroatoms. The number of phenolic OH excluding ortho intramolecular Hbond substituents is 1. The van der Waals surface area contributed by atoms with Crippen molar-refractivity contribution >= 4 is 0 Å². The normalized spacial score (nSPS) is 15.0. The van der Waals surface area contributed by atoms with E-state index in [1.807, 2.05) is 18.3 Å². The quantitative estimate of drug-likeness (QED) is 0.826. The van der Waals surface area contributed by atoms with Crippen LogP contribution in [-0.2, 0) is 0 Å². The zero-order chi connectivity index (χ0) is 11.0. The zero-order valence-electron chi connectivity index (χ0n) is 8.93. The molecule has 1 aliphatic rings. The van der Waals surface area contributed by atoms with Crippen LogP contribution in [0.1, 0.15) is 24.5 Å². The number of hydrogen-bond acceptors (Lipinski definition) is 2. The van der Waals surface area contributed by atoms with E-state index in [4.69, 9.17) is 0 Å². The molecule has 0 amide bonds. The van der Waals surface area contributed by atoms with Crippen molar-refractivity contribution in [1.82, 2.24) is 4.98 Å². The minimum absolute atomic E-state index is 0.298. The Labute approximate surface area is 94.6 Å². The van der Waals surface area contributed by atoms with Crippen LogP contribution < -0.4 is 0 Å². The molecule has 1 fully saturated rings. The summed E-state index contributed by atoms with van der Waals surface area (Å²) in [6.45, 7) is 0. The molecule has 1 aromatic carbocycles. The fourth-order valence-corrected chi connectivity index (χ4v) is 1.85. The second kappa shape index (κ2) is 3.63. The van der Waals surface area contributed by atoms with Gasteiger partial charge in [-0.15, -0.1) is 0 Å². The molecule has 3 rings (SSSR count). The minimum atomic E-state index is 0.298. The van der Waals surface area contributed by atoms with Crippen LogP contribution in [0.2, 0.25) is 0 Å². The van der Waals surface area contributed by atoms with E-state index >= 15 is 0 Å². The average molecular weight is 211 g/mol. The van der Waals surface area contributed by atoms with Crippen LogP contribution in [0, 0.1) is 0 Å². The van der Waals surface area contributed by atoms with Gasteiger partial charge in [-0.25, -0.2) is 0 Å². The zero-order valence-corrected chi connectivity index (χ0v) is 8.93. The first kappa shape index (κ1) is 9.40. The van der Waals surface area contributed by atoms with Crippen LogP contribution in [0.5, 0.6) is 5.75 Å². The maximum atomic E-state index is 9.21. The van der Waals surface area contributed by atoms with E-state index in [0.717, 1.165) is 11.1 Å². The number of aromatic nitrogens is 1. The molecule has 0 unspecified atom stereocenters. The largest absolute Gasteiger partial charge is 0.508 e. The predicted molar refractivity (Wildman–Crippen MR) is 63.3 cm³/mol. The molecule has 0 saturated heterocycles. The molecular formula is C14H13NO. The van der Waals surface area contributed by atoms with Crippen LogP contribution in [0.15, 0.2) is 42.6 Å². The smallest absolute Gasteiger partial charge is 0.115 e. The predicted octanol–water partition coefficient (Wildman–Crippen LogP) is 3.33. The summed E-state index contributed by atoms with van der Waals surface area (Å²) in [6.07, 6.45) is 4.48. The van der Waals surface area contributed by atoms with Crippen molar-refractivity contribution in [1.29, 1.82) is 0 Å². The lowest BCUT2D eigenvalue weighted by Gasteiger charge is -2.03. The first-order chi connectivity index (χ1) is 7.83. The molecule has 0 aliphatic heterocycles. The minimum Gasteiger partial charge on any atom is -0.508 e. The molecule has 80 valence electrons. The summed E-state index contributed by atoms with van der Waals surface area (Å²) in [7, 11) is 0. The molecule has 0 spiro atoms. The van der Waals surface area contributed by atoms with E-state index < -0.39 is 0 Å². The van der Waals surface area contributed by atoms with Crippen molar-refractivity contribution in [3.63, 3.8) is 0 Å². The third-order valence-corrected chi connectivity index (χ3v) is 2.98. The molecule has 1 heterocycles. The van der Waals surface area contributed by atoms with Crippen molar-refractivity contribution in [2.24, 2.45) is 0 Å². The fraction of sp³-hybridized carbons (Fsp3) is 0.214. The van der Waals surface area contributed by atoms with Gasteiger partial charge in [0.2, 0.25) is 0 Å². The maximum absolute atomic E-state index is 9.21. The van der Waals surface area contributed by atoms with Gasteiger partial charge in [0.25, 0.3) is 0 Å². The van der Waals surface area contributed by atoms with Crippen LogP contribution in [-0.4, -0.2) is 10.1 Å². The lowest BCUT2D eigenvalue weighted by Crippen LogP contribution is -1.86. The van der Waals surface area contributed by atoms with E-state index in [2.05, 4.69) is 17.1 Å². The molecule has 0 bridgehead atoms. The van der Waals surface area contributed by atoms with E-state index in [9.17, 15) is 5.11 Å². The number of pyridine rings is 1. The standard InChI is InChI=1S/C14H13NO/c16-13-6-3-10(4-7-13)12-5-8-14(15-9-12)11-1-2-11/h3-9,11,16H,1-2H2. The van der Waals surface area contributed by atoms with Crippen molar-refractivity contribution in [3.8, 4) is 16.9 Å². The monoisotopic (exact) mass is 211 g/mol. The second-order valence-corrected chi connectivity index (χ2v) is 4.29. The third-order valence-electron chi connectivity index (χ3n) is 2.98. The molecular weight excluding hydrogens is 198 g/mol. The lowest BCUT2D eigenvalue weighted by molar-refractivity contribution is 0.475. The lowest BCUT2D eigenvalue weighted by atomic mass is 10.1. The summed E-state index contributed by atoms with van der Waals surface area (Å²) in [4.78, 5) is 4.48. The Morgan fingerprint density at radius 2 is 1.62 bits per heavy atom. The molecule has 1 saturated carbocycles. The Morgan fingerprint density at radius 3 is 2.19 bits per heavy atom. The molecule has 1 aliphatic carbocycles. The van der Waals surface area contributed by atoms with Gasteiger partial charge in [-0.3, -0.25) is 4.98 Å². The van der Waals surface area contributed by atoms with Gasteiger partial charge in [-0.05, 0) is 36.6 Å². The van der Waals surface area contributed by atoms with Gasteiger partial charge in [-0.2, -0.15) is 0 Å². The van der Waals surface area contributed by atoms with Gasteiger partial charge in [-0.1, -0.05) is 18.2 Å². The SMILES string of the molecule is Oc1ccc(-c2ccc(C3CC3)nc2)cc1. The van der Waals surface area contributed by atoms with Crippen molar-refractivity contribution in [3.05, 3.63) is 48.3 Å². The topological polar surface area (TPSA) is 33.1 Å².